The van der Waals surface area contributed by atoms with Crippen molar-refractivity contribution in [2.45, 2.75) is 91.0 Å². The molecule has 0 aliphatic heterocycles. The first-order valence-corrected chi connectivity index (χ1v) is 10.6. The number of unbranched alkanes of at least 4 members (excludes halogenated alkanes) is 9. The molecule has 0 N–H and O–H groups in total. The van der Waals surface area contributed by atoms with Crippen molar-refractivity contribution in [2.75, 3.05) is 6.61 Å². The fraction of sp³-hybridized carbons (Fsp3) is 0.625. The number of rotatable bonds is 16. The number of hydrogen-bond acceptors (Lipinski definition) is 3. The van der Waals surface area contributed by atoms with E-state index in [-0.39, 0.29) is 6.04 Å². The first-order valence-electron chi connectivity index (χ1n) is 10.6. The molecule has 3 nitrogen and oxygen atoms in total. The summed E-state index contributed by atoms with van der Waals surface area (Å²) >= 11 is 0. The monoisotopic (exact) mass is 373 g/mol. The summed E-state index contributed by atoms with van der Waals surface area (Å²) in [6.45, 7) is 14.8. The lowest BCUT2D eigenvalue weighted by Gasteiger charge is -2.07. The van der Waals surface area contributed by atoms with E-state index in [1.54, 1.807) is 6.21 Å². The lowest BCUT2D eigenvalue weighted by Crippen LogP contribution is -1.98. The van der Waals surface area contributed by atoms with Crippen LogP contribution in [-0.2, 0) is 4.74 Å². The highest BCUT2D eigenvalue weighted by Crippen LogP contribution is 2.18. The molecule has 1 atom stereocenters. The fourth-order valence-electron chi connectivity index (χ4n) is 2.74. The Morgan fingerprint density at radius 1 is 1.04 bits per heavy atom. The van der Waals surface area contributed by atoms with E-state index in [1.807, 2.05) is 26.0 Å². The number of nitrogens with zero attached hydrogens (tertiary/aromatic N) is 1. The highest BCUT2D eigenvalue weighted by Gasteiger charge is 2.06. The van der Waals surface area contributed by atoms with Gasteiger partial charge in [-0.05, 0) is 32.4 Å². The van der Waals surface area contributed by atoms with Crippen LogP contribution in [0.4, 0.5) is 0 Å². The number of hydrogen-bond donors (Lipinski definition) is 0. The molecule has 0 fully saturated rings. The van der Waals surface area contributed by atoms with E-state index in [0.717, 1.165) is 12.0 Å². The smallest absolute Gasteiger partial charge is 0.168 e. The first kappa shape index (κ1) is 23.3. The van der Waals surface area contributed by atoms with Gasteiger partial charge in [0.25, 0.3) is 0 Å². The van der Waals surface area contributed by atoms with Gasteiger partial charge in [-0.1, -0.05) is 83.4 Å². The first-order chi connectivity index (χ1) is 13.0. The fourth-order valence-corrected chi connectivity index (χ4v) is 2.74. The van der Waals surface area contributed by atoms with Crippen molar-refractivity contribution >= 4 is 12.0 Å². The van der Waals surface area contributed by atoms with Crippen molar-refractivity contribution in [1.29, 1.82) is 0 Å². The van der Waals surface area contributed by atoms with E-state index in [9.17, 15) is 0 Å². The lowest BCUT2D eigenvalue weighted by atomic mass is 10.1. The zero-order valence-corrected chi connectivity index (χ0v) is 17.8. The number of aliphatic imine (C=N–C) groups is 1. The Labute approximate surface area is 166 Å². The third kappa shape index (κ3) is 10.8. The molecule has 1 rings (SSSR count). The van der Waals surface area contributed by atoms with Crippen LogP contribution in [0.1, 0.15) is 96.5 Å². The third-order valence-corrected chi connectivity index (χ3v) is 4.81. The summed E-state index contributed by atoms with van der Waals surface area (Å²) in [5.74, 6) is 1.98. The van der Waals surface area contributed by atoms with Gasteiger partial charge in [0, 0.05) is 0 Å². The molecule has 3 heteroatoms. The molecule has 1 aromatic heterocycles. The summed E-state index contributed by atoms with van der Waals surface area (Å²) in [6, 6.07) is 3.86. The summed E-state index contributed by atoms with van der Waals surface area (Å²) in [5, 5.41) is 0. The average molecular weight is 374 g/mol. The van der Waals surface area contributed by atoms with Crippen LogP contribution in [0.2, 0.25) is 0 Å². The Morgan fingerprint density at radius 3 is 2.22 bits per heavy atom. The maximum absolute atomic E-state index is 5.73. The van der Waals surface area contributed by atoms with Gasteiger partial charge in [0.15, 0.2) is 11.5 Å². The summed E-state index contributed by atoms with van der Waals surface area (Å²) in [7, 11) is 0. The molecule has 0 amide bonds. The molecule has 0 saturated heterocycles. The molecule has 0 bridgehead atoms. The van der Waals surface area contributed by atoms with Crippen LogP contribution in [0.3, 0.4) is 0 Å². The maximum Gasteiger partial charge on any atom is 0.168 e. The molecule has 0 aromatic carbocycles. The van der Waals surface area contributed by atoms with Gasteiger partial charge in [0.2, 0.25) is 0 Å². The van der Waals surface area contributed by atoms with Crippen molar-refractivity contribution in [3.8, 4) is 0 Å². The predicted molar refractivity (Wildman–Crippen MR) is 117 cm³/mol. The van der Waals surface area contributed by atoms with Crippen LogP contribution in [0.5, 0.6) is 0 Å². The molecule has 1 aromatic rings. The van der Waals surface area contributed by atoms with E-state index in [0.29, 0.717) is 23.9 Å². The molecule has 0 aliphatic rings. The second-order valence-corrected chi connectivity index (χ2v) is 7.46. The Bertz CT molecular complexity index is 571. The number of furan rings is 1. The highest BCUT2D eigenvalue weighted by molar-refractivity contribution is 5.77. The van der Waals surface area contributed by atoms with Crippen LogP contribution in [-0.4, -0.2) is 18.9 Å². The maximum atomic E-state index is 5.73. The SMILES string of the molecule is C=C(OCCCCCCCCCCCC)c1ccc(C=NC(C)C(=C)C)o1. The molecule has 152 valence electrons. The van der Waals surface area contributed by atoms with Gasteiger partial charge in [-0.3, -0.25) is 4.99 Å². The van der Waals surface area contributed by atoms with Gasteiger partial charge < -0.3 is 9.15 Å². The molecule has 27 heavy (non-hydrogen) atoms. The Morgan fingerprint density at radius 2 is 1.63 bits per heavy atom. The molecule has 0 spiro atoms. The van der Waals surface area contributed by atoms with Crippen LogP contribution in [0, 0.1) is 0 Å². The topological polar surface area (TPSA) is 34.7 Å². The molecule has 1 unspecified atom stereocenters. The Kier molecular flexibility index (Phi) is 12.3. The molecule has 0 radical (unpaired) electrons. The van der Waals surface area contributed by atoms with Gasteiger partial charge in [0.1, 0.15) is 5.76 Å². The zero-order chi connectivity index (χ0) is 19.9. The van der Waals surface area contributed by atoms with Gasteiger partial charge in [-0.15, -0.1) is 0 Å². The molecular formula is C24H39NO2. The average Bonchev–Trinajstić information content (AvgIpc) is 3.13. The van der Waals surface area contributed by atoms with Crippen molar-refractivity contribution in [3.05, 3.63) is 42.4 Å². The second-order valence-electron chi connectivity index (χ2n) is 7.46. The Balaban J connectivity index is 2.11. The highest BCUT2D eigenvalue weighted by atomic mass is 16.5. The van der Waals surface area contributed by atoms with Gasteiger partial charge in [0.05, 0.1) is 18.9 Å². The second kappa shape index (κ2) is 14.3. The van der Waals surface area contributed by atoms with Crippen molar-refractivity contribution in [2.24, 2.45) is 4.99 Å². The van der Waals surface area contributed by atoms with Gasteiger partial charge in [-0.25, -0.2) is 0 Å². The summed E-state index contributed by atoms with van der Waals surface area (Å²) < 4.78 is 11.5. The largest absolute Gasteiger partial charge is 0.490 e. The summed E-state index contributed by atoms with van der Waals surface area (Å²) in [4.78, 5) is 4.41. The molecule has 0 aliphatic carbocycles. The van der Waals surface area contributed by atoms with E-state index in [4.69, 9.17) is 9.15 Å². The predicted octanol–water partition coefficient (Wildman–Crippen LogP) is 7.57. The van der Waals surface area contributed by atoms with Crippen molar-refractivity contribution < 1.29 is 9.15 Å². The normalized spacial score (nSPS) is 12.4. The minimum absolute atomic E-state index is 0.0920. The van der Waals surface area contributed by atoms with Crippen LogP contribution < -0.4 is 0 Å². The van der Waals surface area contributed by atoms with Gasteiger partial charge >= 0.3 is 0 Å². The minimum Gasteiger partial charge on any atom is -0.490 e. The molecule has 1 heterocycles. The van der Waals surface area contributed by atoms with Crippen molar-refractivity contribution in [3.63, 3.8) is 0 Å². The van der Waals surface area contributed by atoms with Gasteiger partial charge in [-0.2, -0.15) is 0 Å². The summed E-state index contributed by atoms with van der Waals surface area (Å²) in [5.41, 5.74) is 1.03. The lowest BCUT2D eigenvalue weighted by molar-refractivity contribution is 0.258. The van der Waals surface area contributed by atoms with Crippen LogP contribution in [0.25, 0.3) is 5.76 Å². The van der Waals surface area contributed by atoms with E-state index < -0.39 is 0 Å². The van der Waals surface area contributed by atoms with E-state index in [1.165, 1.54) is 57.8 Å². The quantitative estimate of drug-likeness (QED) is 0.130. The summed E-state index contributed by atoms with van der Waals surface area (Å²) in [6.07, 6.45) is 14.9. The number of ether oxygens (including phenoxy) is 1. The third-order valence-electron chi connectivity index (χ3n) is 4.81. The Hall–Kier alpha value is -1.77. The minimum atomic E-state index is 0.0920. The van der Waals surface area contributed by atoms with Crippen LogP contribution >= 0.6 is 0 Å². The standard InChI is InChI=1S/C24H39NO2/c1-6-7-8-9-10-11-12-13-14-15-18-26-22(5)24-17-16-23(27-24)19-25-21(4)20(2)3/h16-17,19,21H,2,5-15,18H2,1,3-4H3. The molecular weight excluding hydrogens is 334 g/mol. The van der Waals surface area contributed by atoms with Crippen molar-refractivity contribution in [1.82, 2.24) is 0 Å². The molecule has 0 saturated carbocycles. The van der Waals surface area contributed by atoms with Crippen LogP contribution in [0.15, 0.2) is 40.3 Å². The zero-order valence-electron chi connectivity index (χ0n) is 17.8. The van der Waals surface area contributed by atoms with E-state index in [2.05, 4.69) is 25.1 Å². The van der Waals surface area contributed by atoms with E-state index >= 15 is 0 Å².